The lowest BCUT2D eigenvalue weighted by Gasteiger charge is -2.13. The van der Waals surface area contributed by atoms with E-state index in [1.807, 2.05) is 32.9 Å². The molecule has 1 aromatic rings. The molecule has 25 heavy (non-hydrogen) atoms. The van der Waals surface area contributed by atoms with Gasteiger partial charge < -0.3 is 9.84 Å². The largest absolute Gasteiger partial charge is 0.496 e. The van der Waals surface area contributed by atoms with Crippen LogP contribution < -0.4 is 4.74 Å². The summed E-state index contributed by atoms with van der Waals surface area (Å²) in [5.74, 6) is -0.617. The van der Waals surface area contributed by atoms with E-state index in [4.69, 9.17) is 9.84 Å². The molecule has 0 saturated heterocycles. The molecule has 0 amide bonds. The van der Waals surface area contributed by atoms with Crippen molar-refractivity contribution in [3.05, 3.63) is 69.6 Å². The molecule has 4 heteroatoms. The number of rotatable bonds is 6. The van der Waals surface area contributed by atoms with Gasteiger partial charge in [-0.3, -0.25) is 0 Å². The maximum absolute atomic E-state index is 14.1. The van der Waals surface area contributed by atoms with Crippen molar-refractivity contribution in [3.8, 4) is 5.75 Å². The van der Waals surface area contributed by atoms with E-state index in [1.54, 1.807) is 27.0 Å². The smallest absolute Gasteiger partial charge is 0.328 e. The van der Waals surface area contributed by atoms with Gasteiger partial charge in [0.25, 0.3) is 0 Å². The Morgan fingerprint density at radius 1 is 1.12 bits per heavy atom. The highest BCUT2D eigenvalue weighted by atomic mass is 19.1. The van der Waals surface area contributed by atoms with E-state index in [1.165, 1.54) is 12.2 Å². The van der Waals surface area contributed by atoms with Gasteiger partial charge in [0, 0.05) is 6.08 Å². The average molecular weight is 344 g/mol. The van der Waals surface area contributed by atoms with Gasteiger partial charge in [-0.05, 0) is 80.2 Å². The van der Waals surface area contributed by atoms with Crippen molar-refractivity contribution >= 4 is 12.0 Å². The second-order valence-corrected chi connectivity index (χ2v) is 5.98. The second kappa shape index (κ2) is 9.02. The Morgan fingerprint density at radius 2 is 1.76 bits per heavy atom. The highest BCUT2D eigenvalue weighted by Crippen LogP contribution is 2.28. The third-order valence-corrected chi connectivity index (χ3v) is 4.05. The zero-order valence-electron chi connectivity index (χ0n) is 15.6. The van der Waals surface area contributed by atoms with Crippen LogP contribution in [0.2, 0.25) is 0 Å². The highest BCUT2D eigenvalue weighted by Gasteiger charge is 2.08. The van der Waals surface area contributed by atoms with E-state index in [0.29, 0.717) is 11.1 Å². The third kappa shape index (κ3) is 5.75. The van der Waals surface area contributed by atoms with Crippen molar-refractivity contribution in [2.45, 2.75) is 34.6 Å². The Hall–Kier alpha value is -2.62. The Labute approximate surface area is 148 Å². The van der Waals surface area contributed by atoms with E-state index in [-0.39, 0.29) is 0 Å². The van der Waals surface area contributed by atoms with E-state index >= 15 is 0 Å². The fourth-order valence-corrected chi connectivity index (χ4v) is 2.40. The van der Waals surface area contributed by atoms with Crippen molar-refractivity contribution in [3.63, 3.8) is 0 Å². The second-order valence-electron chi connectivity index (χ2n) is 5.98. The Morgan fingerprint density at radius 3 is 2.32 bits per heavy atom. The van der Waals surface area contributed by atoms with Crippen LogP contribution in [0.3, 0.4) is 0 Å². The first-order valence-electron chi connectivity index (χ1n) is 7.96. The van der Waals surface area contributed by atoms with Crippen molar-refractivity contribution in [2.24, 2.45) is 0 Å². The van der Waals surface area contributed by atoms with Crippen LogP contribution in [0.4, 0.5) is 4.39 Å². The molecule has 134 valence electrons. The number of halogens is 1. The van der Waals surface area contributed by atoms with Gasteiger partial charge in [-0.1, -0.05) is 18.2 Å². The van der Waals surface area contributed by atoms with Crippen molar-refractivity contribution in [1.29, 1.82) is 0 Å². The number of aliphatic carboxylic acids is 1. The summed E-state index contributed by atoms with van der Waals surface area (Å²) in [6.45, 7) is 9.28. The molecule has 0 aliphatic carbocycles. The molecule has 0 spiro atoms. The Kier molecular flexibility index (Phi) is 7.37. The fourth-order valence-electron chi connectivity index (χ4n) is 2.40. The average Bonchev–Trinajstić information content (AvgIpc) is 2.54. The van der Waals surface area contributed by atoms with Gasteiger partial charge in [0.2, 0.25) is 0 Å². The molecule has 0 fully saturated rings. The molecule has 0 radical (unpaired) electrons. The van der Waals surface area contributed by atoms with Crippen LogP contribution in [0.25, 0.3) is 6.08 Å². The first kappa shape index (κ1) is 20.4. The quantitative estimate of drug-likeness (QED) is 0.550. The summed E-state index contributed by atoms with van der Waals surface area (Å²) in [6, 6.07) is 1.97. The van der Waals surface area contributed by atoms with Crippen LogP contribution in [0.15, 0.2) is 47.3 Å². The number of hydrogen-bond acceptors (Lipinski definition) is 2. The lowest BCUT2D eigenvalue weighted by atomic mass is 9.96. The summed E-state index contributed by atoms with van der Waals surface area (Å²) in [6.07, 6.45) is 7.35. The predicted molar refractivity (Wildman–Crippen MR) is 101 cm³/mol. The molecular formula is C21H25FO3. The molecule has 0 aromatic heterocycles. The van der Waals surface area contributed by atoms with E-state index in [2.05, 4.69) is 0 Å². The molecule has 0 unspecified atom stereocenters. The molecule has 3 nitrogen and oxygen atoms in total. The number of carboxylic acid groups (broad SMARTS) is 1. The molecule has 0 aliphatic heterocycles. The molecule has 0 atom stereocenters. The number of carbonyl (C=O) groups is 1. The minimum absolute atomic E-state index is 0.407. The number of methoxy groups -OCH3 is 1. The van der Waals surface area contributed by atoms with Gasteiger partial charge in [-0.2, -0.15) is 0 Å². The van der Waals surface area contributed by atoms with Crippen LogP contribution in [0.1, 0.15) is 36.1 Å². The molecular weight excluding hydrogens is 319 g/mol. The summed E-state index contributed by atoms with van der Waals surface area (Å²) in [5, 5.41) is 8.64. The summed E-state index contributed by atoms with van der Waals surface area (Å²) in [7, 11) is 1.64. The Balaban J connectivity index is 3.11. The number of ether oxygens (including phenoxy) is 1. The Bertz CT molecular complexity index is 781. The standard InChI is InChI=1S/C21H25FO3/c1-13(11-21(23)24)7-10-19(22)14(2)8-9-18-15(3)12-20(25-6)17(5)16(18)4/h7-12H,1-6H3,(H,23,24). The first-order valence-corrected chi connectivity index (χ1v) is 7.96. The lowest BCUT2D eigenvalue weighted by Crippen LogP contribution is -1.95. The van der Waals surface area contributed by atoms with Crippen molar-refractivity contribution in [2.75, 3.05) is 7.11 Å². The zero-order chi connectivity index (χ0) is 19.1. The molecule has 0 aliphatic rings. The van der Waals surface area contributed by atoms with Crippen molar-refractivity contribution in [1.82, 2.24) is 0 Å². The number of allylic oxidation sites excluding steroid dienone is 6. The number of hydrogen-bond donors (Lipinski definition) is 1. The van der Waals surface area contributed by atoms with Gasteiger partial charge in [-0.15, -0.1) is 0 Å². The van der Waals surface area contributed by atoms with E-state index in [0.717, 1.165) is 34.1 Å². The van der Waals surface area contributed by atoms with Gasteiger partial charge in [-0.25, -0.2) is 9.18 Å². The molecule has 0 bridgehead atoms. The van der Waals surface area contributed by atoms with Gasteiger partial charge in [0.05, 0.1) is 7.11 Å². The number of carboxylic acids is 1. The first-order chi connectivity index (χ1) is 11.7. The van der Waals surface area contributed by atoms with Crippen LogP contribution in [0, 0.1) is 20.8 Å². The van der Waals surface area contributed by atoms with E-state index in [9.17, 15) is 9.18 Å². The molecule has 0 saturated carbocycles. The zero-order valence-corrected chi connectivity index (χ0v) is 15.6. The molecule has 0 heterocycles. The lowest BCUT2D eigenvalue weighted by molar-refractivity contribution is -0.131. The minimum Gasteiger partial charge on any atom is -0.496 e. The normalized spacial score (nSPS) is 13.5. The maximum atomic E-state index is 14.1. The van der Waals surface area contributed by atoms with Gasteiger partial charge in [0.1, 0.15) is 11.6 Å². The predicted octanol–water partition coefficient (Wildman–Crippen LogP) is 5.46. The molecule has 1 N–H and O–H groups in total. The van der Waals surface area contributed by atoms with Crippen LogP contribution in [-0.2, 0) is 4.79 Å². The summed E-state index contributed by atoms with van der Waals surface area (Å²) >= 11 is 0. The number of benzene rings is 1. The van der Waals surface area contributed by atoms with Crippen LogP contribution >= 0.6 is 0 Å². The van der Waals surface area contributed by atoms with Crippen LogP contribution in [0.5, 0.6) is 5.75 Å². The fraction of sp³-hybridized carbons (Fsp3) is 0.286. The summed E-state index contributed by atoms with van der Waals surface area (Å²) in [4.78, 5) is 10.5. The number of aryl methyl sites for hydroxylation is 1. The molecule has 1 rings (SSSR count). The van der Waals surface area contributed by atoms with Gasteiger partial charge >= 0.3 is 5.97 Å². The minimum atomic E-state index is -1.05. The molecule has 1 aromatic carbocycles. The third-order valence-electron chi connectivity index (χ3n) is 4.05. The summed E-state index contributed by atoms with van der Waals surface area (Å²) in [5.41, 5.74) is 5.18. The summed E-state index contributed by atoms with van der Waals surface area (Å²) < 4.78 is 19.5. The maximum Gasteiger partial charge on any atom is 0.328 e. The van der Waals surface area contributed by atoms with Crippen molar-refractivity contribution < 1.29 is 19.0 Å². The SMILES string of the molecule is COc1cc(C)c(C=CC(C)=C(F)C=CC(C)=CC(=O)O)c(C)c1C. The van der Waals surface area contributed by atoms with Gasteiger partial charge in [0.15, 0.2) is 0 Å². The monoisotopic (exact) mass is 344 g/mol. The topological polar surface area (TPSA) is 46.5 Å². The van der Waals surface area contributed by atoms with E-state index < -0.39 is 11.8 Å². The van der Waals surface area contributed by atoms with Crippen LogP contribution in [-0.4, -0.2) is 18.2 Å². The highest BCUT2D eigenvalue weighted by molar-refractivity contribution is 5.81.